The van der Waals surface area contributed by atoms with Crippen molar-refractivity contribution in [2.45, 2.75) is 26.8 Å². The quantitative estimate of drug-likeness (QED) is 0.664. The van der Waals surface area contributed by atoms with Gasteiger partial charge in [-0.15, -0.1) is 0 Å². The first-order chi connectivity index (χ1) is 14.0. The summed E-state index contributed by atoms with van der Waals surface area (Å²) in [6, 6.07) is 15.7. The molecule has 150 valence electrons. The number of rotatable bonds is 5. The smallest absolute Gasteiger partial charge is 0.255 e. The molecule has 0 N–H and O–H groups in total. The first-order valence-corrected chi connectivity index (χ1v) is 10.2. The number of carbonyl (C=O) groups excluding carboxylic acids is 2. The molecule has 0 bridgehead atoms. The summed E-state index contributed by atoms with van der Waals surface area (Å²) >= 11 is 0. The second-order valence-corrected chi connectivity index (χ2v) is 7.56. The number of fused-ring (bicyclic) bond motifs is 2. The minimum atomic E-state index is -0.260. The van der Waals surface area contributed by atoms with E-state index in [2.05, 4.69) is 30.7 Å². The predicted molar refractivity (Wildman–Crippen MR) is 115 cm³/mol. The third-order valence-electron chi connectivity index (χ3n) is 6.20. The molecule has 0 fully saturated rings. The van der Waals surface area contributed by atoms with E-state index in [1.54, 1.807) is 9.80 Å². The molecule has 0 saturated carbocycles. The van der Waals surface area contributed by atoms with E-state index in [9.17, 15) is 9.59 Å². The Balaban J connectivity index is 1.88. The van der Waals surface area contributed by atoms with Gasteiger partial charge in [0.05, 0.1) is 6.04 Å². The van der Waals surface area contributed by atoms with Crippen molar-refractivity contribution in [2.75, 3.05) is 19.6 Å². The molecule has 29 heavy (non-hydrogen) atoms. The van der Waals surface area contributed by atoms with Gasteiger partial charge in [0.2, 0.25) is 5.91 Å². The molecule has 1 aromatic heterocycles. The van der Waals surface area contributed by atoms with E-state index in [-0.39, 0.29) is 24.4 Å². The average Bonchev–Trinajstić information content (AvgIpc) is 3.15. The van der Waals surface area contributed by atoms with Gasteiger partial charge >= 0.3 is 0 Å². The van der Waals surface area contributed by atoms with Crippen molar-refractivity contribution < 1.29 is 9.59 Å². The van der Waals surface area contributed by atoms with Gasteiger partial charge in [-0.05, 0) is 38.5 Å². The highest BCUT2D eigenvalue weighted by Crippen LogP contribution is 2.43. The van der Waals surface area contributed by atoms with Crippen LogP contribution in [-0.4, -0.2) is 45.8 Å². The zero-order valence-electron chi connectivity index (χ0n) is 17.5. The van der Waals surface area contributed by atoms with Gasteiger partial charge in [0.1, 0.15) is 6.54 Å². The fraction of sp³-hybridized carbons (Fsp3) is 0.333. The number of benzene rings is 2. The number of carbonyl (C=O) groups is 2. The maximum Gasteiger partial charge on any atom is 0.255 e. The van der Waals surface area contributed by atoms with Crippen molar-refractivity contribution in [2.24, 2.45) is 7.05 Å². The number of aromatic nitrogens is 1. The molecule has 5 nitrogen and oxygen atoms in total. The molecule has 4 rings (SSSR count). The van der Waals surface area contributed by atoms with Crippen molar-refractivity contribution in [3.05, 3.63) is 70.9 Å². The lowest BCUT2D eigenvalue weighted by molar-refractivity contribution is -0.131. The lowest BCUT2D eigenvalue weighted by Gasteiger charge is -2.28. The number of likely N-dealkylation sites (N-methyl/N-ethyl adjacent to an activating group) is 1. The Bertz CT molecular complexity index is 1090. The Kier molecular flexibility index (Phi) is 4.91. The van der Waals surface area contributed by atoms with Gasteiger partial charge in [-0.1, -0.05) is 36.4 Å². The van der Waals surface area contributed by atoms with Gasteiger partial charge in [0.15, 0.2) is 0 Å². The highest BCUT2D eigenvalue weighted by molar-refractivity contribution is 6.02. The van der Waals surface area contributed by atoms with Crippen LogP contribution in [0.5, 0.6) is 0 Å². The molecular formula is C24H27N3O2. The van der Waals surface area contributed by atoms with Crippen LogP contribution in [0.4, 0.5) is 0 Å². The molecule has 0 aliphatic carbocycles. The van der Waals surface area contributed by atoms with Crippen molar-refractivity contribution in [3.8, 4) is 0 Å². The van der Waals surface area contributed by atoms with Crippen molar-refractivity contribution in [3.63, 3.8) is 0 Å². The van der Waals surface area contributed by atoms with Crippen molar-refractivity contribution >= 4 is 22.7 Å². The highest BCUT2D eigenvalue weighted by Gasteiger charge is 2.41. The Morgan fingerprint density at radius 2 is 1.69 bits per heavy atom. The second kappa shape index (κ2) is 7.39. The van der Waals surface area contributed by atoms with Gasteiger partial charge in [-0.3, -0.25) is 9.59 Å². The van der Waals surface area contributed by atoms with Crippen LogP contribution in [0.3, 0.4) is 0 Å². The van der Waals surface area contributed by atoms with Crippen LogP contribution in [0.25, 0.3) is 10.9 Å². The summed E-state index contributed by atoms with van der Waals surface area (Å²) in [7, 11) is 2.05. The fourth-order valence-corrected chi connectivity index (χ4v) is 4.56. The summed E-state index contributed by atoms with van der Waals surface area (Å²) in [5.41, 5.74) is 5.02. The maximum atomic E-state index is 13.3. The third kappa shape index (κ3) is 2.92. The molecule has 2 amide bonds. The highest BCUT2D eigenvalue weighted by atomic mass is 16.2. The fourth-order valence-electron chi connectivity index (χ4n) is 4.56. The van der Waals surface area contributed by atoms with Crippen LogP contribution >= 0.6 is 0 Å². The van der Waals surface area contributed by atoms with Gasteiger partial charge in [-0.2, -0.15) is 0 Å². The Morgan fingerprint density at radius 3 is 2.41 bits per heavy atom. The largest absolute Gasteiger partial charge is 0.348 e. The summed E-state index contributed by atoms with van der Waals surface area (Å²) in [6.45, 7) is 7.39. The zero-order valence-corrected chi connectivity index (χ0v) is 17.5. The summed E-state index contributed by atoms with van der Waals surface area (Å²) in [4.78, 5) is 29.8. The molecule has 1 unspecified atom stereocenters. The molecule has 0 spiro atoms. The van der Waals surface area contributed by atoms with E-state index in [0.29, 0.717) is 18.7 Å². The van der Waals surface area contributed by atoms with Gasteiger partial charge < -0.3 is 14.4 Å². The minimum Gasteiger partial charge on any atom is -0.348 e. The number of amides is 2. The monoisotopic (exact) mass is 389 g/mol. The Labute approximate surface area is 171 Å². The number of para-hydroxylation sites is 1. The number of hydrogen-bond acceptors (Lipinski definition) is 2. The molecule has 1 aliphatic rings. The second-order valence-electron chi connectivity index (χ2n) is 7.56. The molecular weight excluding hydrogens is 362 g/mol. The lowest BCUT2D eigenvalue weighted by Crippen LogP contribution is -2.42. The van der Waals surface area contributed by atoms with E-state index in [1.807, 2.05) is 50.2 Å². The van der Waals surface area contributed by atoms with E-state index in [0.717, 1.165) is 27.7 Å². The maximum absolute atomic E-state index is 13.3. The van der Waals surface area contributed by atoms with Gasteiger partial charge in [0, 0.05) is 47.9 Å². The Hall–Kier alpha value is -3.08. The molecule has 2 aromatic carbocycles. The molecule has 3 aromatic rings. The average molecular weight is 389 g/mol. The van der Waals surface area contributed by atoms with E-state index in [4.69, 9.17) is 0 Å². The van der Waals surface area contributed by atoms with Crippen LogP contribution in [0.15, 0.2) is 48.5 Å². The SMILES string of the molecule is CCN(CC)C(=O)CN1C(=O)c2ccccc2C1c1c(C)n(C)c2ccccc12. The summed E-state index contributed by atoms with van der Waals surface area (Å²) in [5.74, 6) is -0.0857. The first-order valence-electron chi connectivity index (χ1n) is 10.2. The summed E-state index contributed by atoms with van der Waals surface area (Å²) < 4.78 is 2.17. The topological polar surface area (TPSA) is 45.6 Å². The minimum absolute atomic E-state index is 0.0148. The lowest BCUT2D eigenvalue weighted by atomic mass is 9.95. The van der Waals surface area contributed by atoms with Gasteiger partial charge in [0.25, 0.3) is 5.91 Å². The first kappa shape index (κ1) is 19.2. The molecule has 2 heterocycles. The molecule has 5 heteroatoms. The van der Waals surface area contributed by atoms with Crippen LogP contribution in [-0.2, 0) is 11.8 Å². The van der Waals surface area contributed by atoms with Crippen LogP contribution < -0.4 is 0 Å². The predicted octanol–water partition coefficient (Wildman–Crippen LogP) is 3.90. The number of hydrogen-bond donors (Lipinski definition) is 0. The molecule has 0 radical (unpaired) electrons. The standard InChI is InChI=1S/C24H27N3O2/c1-5-26(6-2)21(28)15-27-23(17-11-7-8-12-18(17)24(27)29)22-16(3)25(4)20-14-10-9-13-19(20)22/h7-14,23H,5-6,15H2,1-4H3. The van der Waals surface area contributed by atoms with Crippen LogP contribution in [0.2, 0.25) is 0 Å². The number of aryl methyl sites for hydroxylation is 1. The van der Waals surface area contributed by atoms with E-state index in [1.165, 1.54) is 0 Å². The van der Waals surface area contributed by atoms with Crippen molar-refractivity contribution in [1.29, 1.82) is 0 Å². The molecule has 1 atom stereocenters. The van der Waals surface area contributed by atoms with Crippen LogP contribution in [0.1, 0.15) is 47.1 Å². The van der Waals surface area contributed by atoms with E-state index < -0.39 is 0 Å². The van der Waals surface area contributed by atoms with Crippen LogP contribution in [0, 0.1) is 6.92 Å². The summed E-state index contributed by atoms with van der Waals surface area (Å²) in [5, 5.41) is 1.13. The Morgan fingerprint density at radius 1 is 1.03 bits per heavy atom. The normalized spacial score (nSPS) is 15.8. The van der Waals surface area contributed by atoms with E-state index >= 15 is 0 Å². The van der Waals surface area contributed by atoms with Crippen molar-refractivity contribution in [1.82, 2.24) is 14.4 Å². The molecule has 0 saturated heterocycles. The third-order valence-corrected chi connectivity index (χ3v) is 6.20. The van der Waals surface area contributed by atoms with Gasteiger partial charge in [-0.25, -0.2) is 0 Å². The summed E-state index contributed by atoms with van der Waals surface area (Å²) in [6.07, 6.45) is 0. The zero-order chi connectivity index (χ0) is 20.7. The number of nitrogens with zero attached hydrogens (tertiary/aromatic N) is 3. The molecule has 1 aliphatic heterocycles.